The number of carbonyl (C=O) groups is 1. The third-order valence-electron chi connectivity index (χ3n) is 1.77. The minimum atomic E-state index is -0.656. The highest BCUT2D eigenvalue weighted by Crippen LogP contribution is 2.04. The van der Waals surface area contributed by atoms with Crippen molar-refractivity contribution in [3.63, 3.8) is 0 Å². The Labute approximate surface area is 82.8 Å². The molecular weight excluding hydrogens is 178 g/mol. The van der Waals surface area contributed by atoms with E-state index in [0.29, 0.717) is 0 Å². The van der Waals surface area contributed by atoms with Crippen LogP contribution in [0.5, 0.6) is 0 Å². The number of aryl methyl sites for hydroxylation is 1. The molecule has 1 rings (SSSR count). The van der Waals surface area contributed by atoms with Crippen LogP contribution in [0.25, 0.3) is 0 Å². The molecular formula is C10H13N3O. The fourth-order valence-electron chi connectivity index (χ4n) is 1.07. The van der Waals surface area contributed by atoms with Gasteiger partial charge in [0.05, 0.1) is 5.71 Å². The molecule has 0 bridgehead atoms. The van der Waals surface area contributed by atoms with Crippen LogP contribution in [0.15, 0.2) is 29.4 Å². The van der Waals surface area contributed by atoms with Crippen molar-refractivity contribution in [3.8, 4) is 0 Å². The summed E-state index contributed by atoms with van der Waals surface area (Å²) in [6.45, 7) is 3.81. The molecule has 0 heterocycles. The number of urea groups is 1. The largest absolute Gasteiger partial charge is 0.350 e. The Bertz CT molecular complexity index is 371. The first-order valence-electron chi connectivity index (χ1n) is 4.26. The molecule has 14 heavy (non-hydrogen) atoms. The van der Waals surface area contributed by atoms with Gasteiger partial charge in [0.1, 0.15) is 0 Å². The van der Waals surface area contributed by atoms with E-state index in [4.69, 9.17) is 5.73 Å². The van der Waals surface area contributed by atoms with Crippen LogP contribution in [0.2, 0.25) is 0 Å². The quantitative estimate of drug-likeness (QED) is 0.538. The van der Waals surface area contributed by atoms with Gasteiger partial charge in [-0.1, -0.05) is 29.8 Å². The Morgan fingerprint density at radius 3 is 2.79 bits per heavy atom. The number of nitrogens with zero attached hydrogens (tertiary/aromatic N) is 1. The lowest BCUT2D eigenvalue weighted by Gasteiger charge is -2.01. The van der Waals surface area contributed by atoms with Gasteiger partial charge in [0, 0.05) is 0 Å². The van der Waals surface area contributed by atoms with E-state index in [0.717, 1.165) is 16.8 Å². The van der Waals surface area contributed by atoms with Crippen LogP contribution in [0.4, 0.5) is 4.79 Å². The van der Waals surface area contributed by atoms with Crippen molar-refractivity contribution in [2.75, 3.05) is 0 Å². The predicted molar refractivity (Wildman–Crippen MR) is 56.1 cm³/mol. The summed E-state index contributed by atoms with van der Waals surface area (Å²) in [4.78, 5) is 10.4. The summed E-state index contributed by atoms with van der Waals surface area (Å²) in [7, 11) is 0. The van der Waals surface area contributed by atoms with Gasteiger partial charge in [0.15, 0.2) is 0 Å². The average Bonchev–Trinajstić information content (AvgIpc) is 2.14. The molecule has 0 saturated heterocycles. The zero-order valence-electron chi connectivity index (χ0n) is 8.24. The fourth-order valence-corrected chi connectivity index (χ4v) is 1.07. The van der Waals surface area contributed by atoms with Gasteiger partial charge in [-0.2, -0.15) is 5.10 Å². The number of nitrogens with two attached hydrogens (primary N) is 1. The van der Waals surface area contributed by atoms with Gasteiger partial charge in [-0.3, -0.25) is 0 Å². The molecule has 4 nitrogen and oxygen atoms in total. The van der Waals surface area contributed by atoms with E-state index in [-0.39, 0.29) is 0 Å². The molecule has 3 N–H and O–H groups in total. The van der Waals surface area contributed by atoms with E-state index in [1.54, 1.807) is 0 Å². The van der Waals surface area contributed by atoms with Crippen molar-refractivity contribution < 1.29 is 4.79 Å². The van der Waals surface area contributed by atoms with Crippen molar-refractivity contribution in [3.05, 3.63) is 35.4 Å². The van der Waals surface area contributed by atoms with Gasteiger partial charge in [-0.25, -0.2) is 10.2 Å². The Balaban J connectivity index is 2.83. The molecule has 0 spiro atoms. The lowest BCUT2D eigenvalue weighted by Crippen LogP contribution is -2.25. The molecule has 1 aromatic rings. The predicted octanol–water partition coefficient (Wildman–Crippen LogP) is 1.39. The van der Waals surface area contributed by atoms with Crippen molar-refractivity contribution >= 4 is 11.7 Å². The first kappa shape index (κ1) is 10.2. The van der Waals surface area contributed by atoms with Gasteiger partial charge in [0.2, 0.25) is 0 Å². The molecule has 1 aromatic carbocycles. The van der Waals surface area contributed by atoms with Crippen LogP contribution in [0.1, 0.15) is 18.1 Å². The maximum absolute atomic E-state index is 10.4. The monoisotopic (exact) mass is 191 g/mol. The van der Waals surface area contributed by atoms with Gasteiger partial charge < -0.3 is 5.73 Å². The van der Waals surface area contributed by atoms with Gasteiger partial charge in [-0.15, -0.1) is 0 Å². The minimum absolute atomic E-state index is 0.656. The highest BCUT2D eigenvalue weighted by molar-refractivity contribution is 5.99. The van der Waals surface area contributed by atoms with Crippen molar-refractivity contribution in [1.29, 1.82) is 0 Å². The van der Waals surface area contributed by atoms with E-state index in [2.05, 4.69) is 10.5 Å². The van der Waals surface area contributed by atoms with E-state index >= 15 is 0 Å². The Kier molecular flexibility index (Phi) is 3.23. The van der Waals surface area contributed by atoms with Crippen LogP contribution >= 0.6 is 0 Å². The summed E-state index contributed by atoms with van der Waals surface area (Å²) in [5.41, 5.74) is 9.93. The Hall–Kier alpha value is -1.84. The third kappa shape index (κ3) is 2.90. The zero-order chi connectivity index (χ0) is 10.6. The molecule has 74 valence electrons. The first-order chi connectivity index (χ1) is 6.59. The second-order valence-electron chi connectivity index (χ2n) is 3.04. The maximum Gasteiger partial charge on any atom is 0.332 e. The first-order valence-corrected chi connectivity index (χ1v) is 4.26. The number of primary amides is 1. The van der Waals surface area contributed by atoms with E-state index in [9.17, 15) is 4.79 Å². The highest BCUT2D eigenvalue weighted by atomic mass is 16.2. The number of nitrogens with one attached hydrogen (secondary N) is 1. The number of carbonyl (C=O) groups excluding carboxylic acids is 1. The van der Waals surface area contributed by atoms with Crippen LogP contribution in [0, 0.1) is 6.92 Å². The number of hydrogen-bond acceptors (Lipinski definition) is 2. The van der Waals surface area contributed by atoms with Crippen molar-refractivity contribution in [1.82, 2.24) is 5.43 Å². The van der Waals surface area contributed by atoms with Gasteiger partial charge >= 0.3 is 6.03 Å². The van der Waals surface area contributed by atoms with Crippen LogP contribution < -0.4 is 11.2 Å². The summed E-state index contributed by atoms with van der Waals surface area (Å²) >= 11 is 0. The number of hydrogen-bond donors (Lipinski definition) is 2. The molecule has 0 saturated carbocycles. The number of amides is 2. The van der Waals surface area contributed by atoms with E-state index in [1.807, 2.05) is 38.1 Å². The molecule has 0 aliphatic heterocycles. The van der Waals surface area contributed by atoms with E-state index < -0.39 is 6.03 Å². The normalized spacial score (nSPS) is 11.1. The smallest absolute Gasteiger partial charge is 0.332 e. The standard InChI is InChI=1S/C10H13N3O/c1-7-4-3-5-9(6-7)8(2)12-13-10(11)14/h3-6H,1-2H3,(H3,11,13,14)/b12-8+. The van der Waals surface area contributed by atoms with Crippen molar-refractivity contribution in [2.45, 2.75) is 13.8 Å². The molecule has 0 unspecified atom stereocenters. The molecule has 0 aliphatic carbocycles. The van der Waals surface area contributed by atoms with Crippen LogP contribution in [-0.2, 0) is 0 Å². The Morgan fingerprint density at radius 1 is 1.50 bits per heavy atom. The van der Waals surface area contributed by atoms with E-state index in [1.165, 1.54) is 0 Å². The molecule has 2 amide bonds. The molecule has 0 aliphatic rings. The zero-order valence-corrected chi connectivity index (χ0v) is 8.24. The summed E-state index contributed by atoms with van der Waals surface area (Å²) in [5.74, 6) is 0. The lowest BCUT2D eigenvalue weighted by atomic mass is 10.1. The summed E-state index contributed by atoms with van der Waals surface area (Å²) < 4.78 is 0. The second kappa shape index (κ2) is 4.41. The molecule has 0 atom stereocenters. The van der Waals surface area contributed by atoms with Crippen LogP contribution in [0.3, 0.4) is 0 Å². The molecule has 0 radical (unpaired) electrons. The lowest BCUT2D eigenvalue weighted by molar-refractivity contribution is 0.249. The van der Waals surface area contributed by atoms with Crippen molar-refractivity contribution in [2.24, 2.45) is 10.8 Å². The van der Waals surface area contributed by atoms with Gasteiger partial charge in [-0.05, 0) is 19.4 Å². The second-order valence-corrected chi connectivity index (χ2v) is 3.04. The molecule has 0 fully saturated rings. The SMILES string of the molecule is C/C(=N\NC(N)=O)c1cccc(C)c1. The minimum Gasteiger partial charge on any atom is -0.350 e. The molecule has 0 aromatic heterocycles. The molecule has 4 heteroatoms. The summed E-state index contributed by atoms with van der Waals surface area (Å²) in [6.07, 6.45) is 0. The van der Waals surface area contributed by atoms with Gasteiger partial charge in [0.25, 0.3) is 0 Å². The summed E-state index contributed by atoms with van der Waals surface area (Å²) in [5, 5.41) is 3.83. The number of rotatable bonds is 2. The maximum atomic E-state index is 10.4. The number of benzene rings is 1. The number of hydrazone groups is 1. The topological polar surface area (TPSA) is 67.5 Å². The Morgan fingerprint density at radius 2 is 2.21 bits per heavy atom. The van der Waals surface area contributed by atoms with Crippen LogP contribution in [-0.4, -0.2) is 11.7 Å². The third-order valence-corrected chi connectivity index (χ3v) is 1.77. The average molecular weight is 191 g/mol. The summed E-state index contributed by atoms with van der Waals surface area (Å²) in [6, 6.07) is 7.19. The highest BCUT2D eigenvalue weighted by Gasteiger charge is 1.97. The fraction of sp³-hybridized carbons (Fsp3) is 0.200.